The lowest BCUT2D eigenvalue weighted by Gasteiger charge is -2.16. The molecule has 3 nitrogen and oxygen atoms in total. The molecule has 0 aliphatic carbocycles. The number of aromatic nitrogens is 3. The van der Waals surface area contributed by atoms with Crippen LogP contribution in [0.4, 0.5) is 0 Å². The predicted molar refractivity (Wildman–Crippen MR) is 266 cm³/mol. The normalized spacial score (nSPS) is 11.8. The minimum absolute atomic E-state index is 1.14. The third-order valence-corrected chi connectivity index (χ3v) is 13.0. The van der Waals surface area contributed by atoms with Gasteiger partial charge in [-0.15, -0.1) is 0 Å². The van der Waals surface area contributed by atoms with Gasteiger partial charge in [-0.25, -0.2) is 0 Å². The van der Waals surface area contributed by atoms with E-state index >= 15 is 0 Å². The molecule has 0 spiro atoms. The summed E-state index contributed by atoms with van der Waals surface area (Å²) in [5.41, 5.74) is 17.8. The van der Waals surface area contributed by atoms with Gasteiger partial charge in [0.2, 0.25) is 0 Å². The summed E-state index contributed by atoms with van der Waals surface area (Å²) in [6.45, 7) is 0. The summed E-state index contributed by atoms with van der Waals surface area (Å²) < 4.78 is 7.26. The van der Waals surface area contributed by atoms with Gasteiger partial charge in [0, 0.05) is 49.3 Å². The van der Waals surface area contributed by atoms with Gasteiger partial charge in [-0.2, -0.15) is 0 Å². The molecule has 294 valence electrons. The van der Waals surface area contributed by atoms with Gasteiger partial charge in [0.25, 0.3) is 0 Å². The Labute approximate surface area is 364 Å². The number of hydrogen-bond acceptors (Lipinski definition) is 0. The zero-order chi connectivity index (χ0) is 41.4. The van der Waals surface area contributed by atoms with Gasteiger partial charge in [-0.1, -0.05) is 152 Å². The first kappa shape index (κ1) is 35.4. The largest absolute Gasteiger partial charge is 0.309 e. The molecular formula is C60H39N3. The first-order chi connectivity index (χ1) is 31.3. The lowest BCUT2D eigenvalue weighted by molar-refractivity contribution is 1.17. The van der Waals surface area contributed by atoms with Crippen LogP contribution in [0.3, 0.4) is 0 Å². The molecule has 0 bridgehead atoms. The molecule has 0 atom stereocenters. The fourth-order valence-electron chi connectivity index (χ4n) is 10.2. The van der Waals surface area contributed by atoms with Crippen molar-refractivity contribution in [1.29, 1.82) is 0 Å². The first-order valence-corrected chi connectivity index (χ1v) is 21.7. The maximum Gasteiger partial charge on any atom is 0.0541 e. The Bertz CT molecular complexity index is 3850. The minimum Gasteiger partial charge on any atom is -0.309 e. The van der Waals surface area contributed by atoms with E-state index in [-0.39, 0.29) is 0 Å². The molecule has 3 aromatic heterocycles. The maximum atomic E-state index is 2.47. The van der Waals surface area contributed by atoms with E-state index in [0.29, 0.717) is 0 Å². The van der Waals surface area contributed by atoms with Crippen molar-refractivity contribution in [2.45, 2.75) is 0 Å². The lowest BCUT2D eigenvalue weighted by Crippen LogP contribution is -1.98. The molecule has 3 heterocycles. The van der Waals surface area contributed by atoms with E-state index in [1.54, 1.807) is 0 Å². The Morgan fingerprint density at radius 2 is 0.603 bits per heavy atom. The van der Waals surface area contributed by atoms with Gasteiger partial charge in [0.05, 0.1) is 38.8 Å². The summed E-state index contributed by atoms with van der Waals surface area (Å²) in [6.07, 6.45) is 0. The molecule has 0 saturated heterocycles. The second kappa shape index (κ2) is 14.1. The van der Waals surface area contributed by atoms with Crippen molar-refractivity contribution >= 4 is 65.4 Å². The molecule has 13 rings (SSSR count). The third kappa shape index (κ3) is 5.53. The Morgan fingerprint density at radius 3 is 1.21 bits per heavy atom. The maximum absolute atomic E-state index is 2.47. The van der Waals surface area contributed by atoms with E-state index in [9.17, 15) is 0 Å². The number of fused-ring (bicyclic) bond motifs is 9. The second-order valence-corrected chi connectivity index (χ2v) is 16.5. The molecular weight excluding hydrogens is 763 g/mol. The van der Waals surface area contributed by atoms with Crippen LogP contribution < -0.4 is 0 Å². The van der Waals surface area contributed by atoms with Crippen molar-refractivity contribution < 1.29 is 0 Å². The van der Waals surface area contributed by atoms with E-state index in [2.05, 4.69) is 250 Å². The fraction of sp³-hybridized carbons (Fsp3) is 0. The van der Waals surface area contributed by atoms with Crippen LogP contribution in [0, 0.1) is 0 Å². The molecule has 0 amide bonds. The molecule has 0 fully saturated rings. The highest BCUT2D eigenvalue weighted by molar-refractivity contribution is 6.14. The van der Waals surface area contributed by atoms with Crippen molar-refractivity contribution in [3.05, 3.63) is 237 Å². The molecule has 0 radical (unpaired) electrons. The quantitative estimate of drug-likeness (QED) is 0.159. The number of rotatable bonds is 6. The predicted octanol–water partition coefficient (Wildman–Crippen LogP) is 16.0. The molecule has 0 aliphatic rings. The number of benzene rings is 10. The summed E-state index contributed by atoms with van der Waals surface area (Å²) in [7, 11) is 0. The highest BCUT2D eigenvalue weighted by Crippen LogP contribution is 2.42. The summed E-state index contributed by atoms with van der Waals surface area (Å²) in [4.78, 5) is 0. The molecule has 0 saturated carbocycles. The highest BCUT2D eigenvalue weighted by atomic mass is 15.0. The zero-order valence-electron chi connectivity index (χ0n) is 34.4. The van der Waals surface area contributed by atoms with Gasteiger partial charge in [0.1, 0.15) is 0 Å². The monoisotopic (exact) mass is 801 g/mol. The van der Waals surface area contributed by atoms with Gasteiger partial charge in [0.15, 0.2) is 0 Å². The molecule has 0 N–H and O–H groups in total. The fourth-order valence-corrected chi connectivity index (χ4v) is 10.2. The van der Waals surface area contributed by atoms with Gasteiger partial charge in [-0.05, 0) is 113 Å². The van der Waals surface area contributed by atoms with Crippen molar-refractivity contribution in [2.75, 3.05) is 0 Å². The summed E-state index contributed by atoms with van der Waals surface area (Å²) >= 11 is 0. The Hall–Kier alpha value is -8.40. The molecule has 3 heteroatoms. The Balaban J connectivity index is 1.01. The van der Waals surface area contributed by atoms with Crippen LogP contribution in [-0.4, -0.2) is 13.7 Å². The van der Waals surface area contributed by atoms with E-state index in [0.717, 1.165) is 11.4 Å². The van der Waals surface area contributed by atoms with E-state index < -0.39 is 0 Å². The van der Waals surface area contributed by atoms with E-state index in [1.165, 1.54) is 104 Å². The molecule has 10 aromatic carbocycles. The highest BCUT2D eigenvalue weighted by Gasteiger charge is 2.20. The van der Waals surface area contributed by atoms with Crippen LogP contribution in [0.25, 0.3) is 116 Å². The second-order valence-electron chi connectivity index (χ2n) is 16.5. The average molecular weight is 802 g/mol. The Morgan fingerprint density at radius 1 is 0.206 bits per heavy atom. The minimum atomic E-state index is 1.14. The van der Waals surface area contributed by atoms with Crippen LogP contribution in [0.2, 0.25) is 0 Å². The number of hydrogen-bond donors (Lipinski definition) is 0. The zero-order valence-corrected chi connectivity index (χ0v) is 34.4. The van der Waals surface area contributed by atoms with E-state index in [4.69, 9.17) is 0 Å². The topological polar surface area (TPSA) is 14.8 Å². The van der Waals surface area contributed by atoms with Crippen molar-refractivity contribution in [1.82, 2.24) is 13.7 Å². The number of nitrogens with zero attached hydrogens (tertiary/aromatic N) is 3. The van der Waals surface area contributed by atoms with Crippen molar-refractivity contribution in [2.24, 2.45) is 0 Å². The molecule has 63 heavy (non-hydrogen) atoms. The Kier molecular flexibility index (Phi) is 7.91. The number of para-hydroxylation sites is 5. The molecule has 0 aliphatic heterocycles. The molecule has 0 unspecified atom stereocenters. The van der Waals surface area contributed by atoms with Crippen LogP contribution in [-0.2, 0) is 0 Å². The van der Waals surface area contributed by atoms with Crippen LogP contribution >= 0.6 is 0 Å². The lowest BCUT2D eigenvalue weighted by atomic mass is 9.99. The summed E-state index contributed by atoms with van der Waals surface area (Å²) in [5.74, 6) is 0. The van der Waals surface area contributed by atoms with Crippen molar-refractivity contribution in [3.63, 3.8) is 0 Å². The molecule has 13 aromatic rings. The smallest absolute Gasteiger partial charge is 0.0541 e. The van der Waals surface area contributed by atoms with Gasteiger partial charge in [-0.3, -0.25) is 0 Å². The van der Waals surface area contributed by atoms with Crippen LogP contribution in [0.15, 0.2) is 237 Å². The van der Waals surface area contributed by atoms with Crippen molar-refractivity contribution in [3.8, 4) is 50.4 Å². The average Bonchev–Trinajstić information content (AvgIpc) is 3.99. The van der Waals surface area contributed by atoms with Gasteiger partial charge >= 0.3 is 0 Å². The summed E-state index contributed by atoms with van der Waals surface area (Å²) in [6, 6.07) is 86.5. The van der Waals surface area contributed by atoms with Gasteiger partial charge < -0.3 is 13.7 Å². The third-order valence-electron chi connectivity index (χ3n) is 13.0. The summed E-state index contributed by atoms with van der Waals surface area (Å²) in [5, 5.41) is 7.47. The first-order valence-electron chi connectivity index (χ1n) is 21.7. The SMILES string of the molecule is c1ccc(-c2ccc3c(c2)c2cc(-c4ccc5c(c4)c4ccccc4n5-c4ccccc4)ccc2n3-c2ccccc2-c2cccc(-n3c4ccccc4c4ccccc43)c2)cc1. The van der Waals surface area contributed by atoms with Crippen LogP contribution in [0.1, 0.15) is 0 Å². The van der Waals surface area contributed by atoms with E-state index in [1.807, 2.05) is 0 Å². The standard InChI is InChI=1S/C60H39N3/c1-3-16-40(17-4-1)41-30-34-59-52(37-41)53-39-43(42-31-33-58-51(38-42)50-25-10-14-29-57(50)61(58)45-19-5-2-6-20-45)32-35-60(53)63(59)54-26-11-7-22-47(54)44-18-15-21-46(36-44)62-55-27-12-8-23-48(55)49-24-9-13-28-56(49)62/h1-39H. The van der Waals surface area contributed by atoms with Crippen LogP contribution in [0.5, 0.6) is 0 Å².